The van der Waals surface area contributed by atoms with E-state index in [0.717, 1.165) is 31.4 Å². The number of hydrogen-bond acceptors (Lipinski definition) is 5. The highest BCUT2D eigenvalue weighted by Gasteiger charge is 2.23. The molecule has 19 heavy (non-hydrogen) atoms. The lowest BCUT2D eigenvalue weighted by atomic mass is 10.2. The van der Waals surface area contributed by atoms with E-state index in [-0.39, 0.29) is 12.6 Å². The summed E-state index contributed by atoms with van der Waals surface area (Å²) in [4.78, 5) is 1.06. The van der Waals surface area contributed by atoms with Crippen molar-refractivity contribution in [1.82, 2.24) is 4.72 Å². The van der Waals surface area contributed by atoms with Crippen molar-refractivity contribution in [2.75, 3.05) is 13.2 Å². The number of nitrogens with one attached hydrogen (secondary N) is 1. The Hall–Kier alpha value is -0.470. The van der Waals surface area contributed by atoms with Crippen LogP contribution in [0.4, 0.5) is 0 Å². The second-order valence-electron chi connectivity index (χ2n) is 4.70. The fourth-order valence-electron chi connectivity index (χ4n) is 2.29. The number of hydrogen-bond donors (Lipinski definition) is 2. The highest BCUT2D eigenvalue weighted by atomic mass is 32.2. The molecular weight excluding hydrogens is 284 g/mol. The van der Waals surface area contributed by atoms with Gasteiger partial charge in [0.1, 0.15) is 4.90 Å². The van der Waals surface area contributed by atoms with Crippen molar-refractivity contribution in [2.45, 2.75) is 43.7 Å². The fourth-order valence-corrected chi connectivity index (χ4v) is 5.03. The number of nitrogens with two attached hydrogens (primary N) is 1. The van der Waals surface area contributed by atoms with Crippen molar-refractivity contribution in [2.24, 2.45) is 5.73 Å². The van der Waals surface area contributed by atoms with Gasteiger partial charge in [-0.1, -0.05) is 0 Å². The molecule has 1 aliphatic heterocycles. The van der Waals surface area contributed by atoms with Crippen molar-refractivity contribution in [3.63, 3.8) is 0 Å². The van der Waals surface area contributed by atoms with Gasteiger partial charge in [-0.3, -0.25) is 0 Å². The van der Waals surface area contributed by atoms with E-state index in [2.05, 4.69) is 4.72 Å². The van der Waals surface area contributed by atoms with Gasteiger partial charge in [0.05, 0.1) is 6.10 Å². The van der Waals surface area contributed by atoms with Crippen LogP contribution in [-0.2, 0) is 21.3 Å². The van der Waals surface area contributed by atoms with Gasteiger partial charge in [-0.25, -0.2) is 13.1 Å². The van der Waals surface area contributed by atoms with Gasteiger partial charge in [-0.05, 0) is 37.1 Å². The summed E-state index contributed by atoms with van der Waals surface area (Å²) >= 11 is 1.39. The molecule has 1 aromatic rings. The SMILES string of the molecule is Cc1csc(CN)c1S(=O)(=O)NCCC1CCCO1. The maximum atomic E-state index is 12.3. The summed E-state index contributed by atoms with van der Waals surface area (Å²) in [5.41, 5.74) is 6.35. The number of aryl methyl sites for hydroxylation is 1. The van der Waals surface area contributed by atoms with E-state index in [1.165, 1.54) is 11.3 Å². The van der Waals surface area contributed by atoms with Crippen molar-refractivity contribution >= 4 is 21.4 Å². The zero-order valence-corrected chi connectivity index (χ0v) is 12.6. The zero-order chi connectivity index (χ0) is 13.9. The minimum atomic E-state index is -3.46. The van der Waals surface area contributed by atoms with E-state index in [1.807, 2.05) is 5.38 Å². The van der Waals surface area contributed by atoms with Crippen LogP contribution in [0.5, 0.6) is 0 Å². The molecule has 2 rings (SSSR count). The van der Waals surface area contributed by atoms with E-state index in [0.29, 0.717) is 16.3 Å². The van der Waals surface area contributed by atoms with Gasteiger partial charge < -0.3 is 10.5 Å². The Morgan fingerprint density at radius 3 is 3.00 bits per heavy atom. The molecule has 0 amide bonds. The van der Waals surface area contributed by atoms with E-state index >= 15 is 0 Å². The summed E-state index contributed by atoms with van der Waals surface area (Å²) in [6.07, 6.45) is 3.01. The monoisotopic (exact) mass is 304 g/mol. The third-order valence-electron chi connectivity index (χ3n) is 3.23. The lowest BCUT2D eigenvalue weighted by Gasteiger charge is -2.11. The summed E-state index contributed by atoms with van der Waals surface area (Å²) in [6.45, 7) is 3.25. The fraction of sp³-hybridized carbons (Fsp3) is 0.667. The van der Waals surface area contributed by atoms with Crippen LogP contribution in [0.15, 0.2) is 10.3 Å². The quantitative estimate of drug-likeness (QED) is 0.831. The summed E-state index contributed by atoms with van der Waals surface area (Å²) in [5, 5.41) is 1.83. The van der Waals surface area contributed by atoms with Crippen LogP contribution in [0.25, 0.3) is 0 Å². The molecule has 7 heteroatoms. The summed E-state index contributed by atoms with van der Waals surface area (Å²) in [5.74, 6) is 0. The molecule has 0 radical (unpaired) electrons. The first-order chi connectivity index (χ1) is 9.04. The van der Waals surface area contributed by atoms with Crippen molar-refractivity contribution in [1.29, 1.82) is 0 Å². The van der Waals surface area contributed by atoms with Crippen LogP contribution < -0.4 is 10.5 Å². The minimum Gasteiger partial charge on any atom is -0.378 e. The maximum absolute atomic E-state index is 12.3. The predicted octanol–water partition coefficient (Wildman–Crippen LogP) is 1.36. The molecule has 0 saturated carbocycles. The van der Waals surface area contributed by atoms with Crippen LogP contribution in [0, 0.1) is 6.92 Å². The first-order valence-electron chi connectivity index (χ1n) is 6.43. The van der Waals surface area contributed by atoms with Gasteiger partial charge in [0.25, 0.3) is 0 Å². The van der Waals surface area contributed by atoms with Gasteiger partial charge in [-0.15, -0.1) is 11.3 Å². The standard InChI is InChI=1S/C12H20N2O3S2/c1-9-8-18-11(7-13)12(9)19(15,16)14-5-4-10-3-2-6-17-10/h8,10,14H,2-7,13H2,1H3. The van der Waals surface area contributed by atoms with Crippen LogP contribution in [-0.4, -0.2) is 27.7 Å². The molecule has 1 saturated heterocycles. The minimum absolute atomic E-state index is 0.195. The number of ether oxygens (including phenoxy) is 1. The van der Waals surface area contributed by atoms with Gasteiger partial charge in [0.2, 0.25) is 10.0 Å². The summed E-state index contributed by atoms with van der Waals surface area (Å²) < 4.78 is 32.7. The zero-order valence-electron chi connectivity index (χ0n) is 11.0. The summed E-state index contributed by atoms with van der Waals surface area (Å²) in [7, 11) is -3.46. The van der Waals surface area contributed by atoms with E-state index in [1.54, 1.807) is 6.92 Å². The molecule has 1 atom stereocenters. The Kier molecular flexibility index (Phi) is 4.97. The smallest absolute Gasteiger partial charge is 0.241 e. The molecule has 1 aromatic heterocycles. The summed E-state index contributed by atoms with van der Waals surface area (Å²) in [6, 6.07) is 0. The molecule has 1 aliphatic rings. The molecule has 0 aromatic carbocycles. The number of thiophene rings is 1. The molecule has 0 aliphatic carbocycles. The first kappa shape index (κ1) is 14.9. The Balaban J connectivity index is 1.99. The molecule has 0 spiro atoms. The van der Waals surface area contributed by atoms with E-state index in [9.17, 15) is 8.42 Å². The molecule has 108 valence electrons. The highest BCUT2D eigenvalue weighted by Crippen LogP contribution is 2.26. The van der Waals surface area contributed by atoms with Crippen LogP contribution in [0.2, 0.25) is 0 Å². The predicted molar refractivity (Wildman–Crippen MR) is 75.7 cm³/mol. The molecule has 3 N–H and O–H groups in total. The van der Waals surface area contributed by atoms with Crippen molar-refractivity contribution in [3.05, 3.63) is 15.8 Å². The molecule has 1 unspecified atom stereocenters. The lowest BCUT2D eigenvalue weighted by Crippen LogP contribution is -2.28. The van der Waals surface area contributed by atoms with E-state index < -0.39 is 10.0 Å². The molecule has 1 fully saturated rings. The van der Waals surface area contributed by atoms with Gasteiger partial charge in [0, 0.05) is 24.6 Å². The molecular formula is C12H20N2O3S2. The third-order valence-corrected chi connectivity index (χ3v) is 6.17. The Bertz CT molecular complexity index is 519. The van der Waals surface area contributed by atoms with Gasteiger partial charge in [0.15, 0.2) is 0 Å². The number of rotatable bonds is 6. The number of sulfonamides is 1. The van der Waals surface area contributed by atoms with Crippen LogP contribution in [0.1, 0.15) is 29.7 Å². The van der Waals surface area contributed by atoms with Crippen LogP contribution in [0.3, 0.4) is 0 Å². The highest BCUT2D eigenvalue weighted by molar-refractivity contribution is 7.89. The van der Waals surface area contributed by atoms with Gasteiger partial charge in [-0.2, -0.15) is 0 Å². The topological polar surface area (TPSA) is 81.4 Å². The van der Waals surface area contributed by atoms with Crippen molar-refractivity contribution in [3.8, 4) is 0 Å². The molecule has 0 bridgehead atoms. The maximum Gasteiger partial charge on any atom is 0.241 e. The third kappa shape index (κ3) is 3.55. The second kappa shape index (κ2) is 6.32. The Morgan fingerprint density at radius 1 is 1.58 bits per heavy atom. The molecule has 5 nitrogen and oxygen atoms in total. The second-order valence-corrected chi connectivity index (χ2v) is 7.36. The first-order valence-corrected chi connectivity index (χ1v) is 8.79. The Morgan fingerprint density at radius 2 is 2.37 bits per heavy atom. The van der Waals surface area contributed by atoms with E-state index in [4.69, 9.17) is 10.5 Å². The van der Waals surface area contributed by atoms with Gasteiger partial charge >= 0.3 is 0 Å². The Labute approximate surface area is 118 Å². The van der Waals surface area contributed by atoms with Crippen LogP contribution >= 0.6 is 11.3 Å². The average molecular weight is 304 g/mol. The normalized spacial score (nSPS) is 20.0. The average Bonchev–Trinajstić information content (AvgIpc) is 2.98. The largest absolute Gasteiger partial charge is 0.378 e. The lowest BCUT2D eigenvalue weighted by molar-refractivity contribution is 0.105. The van der Waals surface area contributed by atoms with Crippen molar-refractivity contribution < 1.29 is 13.2 Å². The molecule has 2 heterocycles.